The van der Waals surface area contributed by atoms with E-state index in [1.54, 1.807) is 0 Å². The summed E-state index contributed by atoms with van der Waals surface area (Å²) in [5.41, 5.74) is 1.86. The molecule has 2 heterocycles. The minimum absolute atomic E-state index is 0.589. The van der Waals surface area contributed by atoms with Crippen LogP contribution in [0, 0.1) is 5.41 Å². The first-order chi connectivity index (χ1) is 8.23. The van der Waals surface area contributed by atoms with Crippen LogP contribution in [0.4, 0.5) is 0 Å². The number of allylic oxidation sites excluding steroid dienone is 3. The minimum atomic E-state index is 0.589. The van der Waals surface area contributed by atoms with Crippen LogP contribution in [-0.4, -0.2) is 37.6 Å². The maximum absolute atomic E-state index is 5.69. The highest BCUT2D eigenvalue weighted by Crippen LogP contribution is 2.35. The van der Waals surface area contributed by atoms with Crippen molar-refractivity contribution < 1.29 is 0 Å². The van der Waals surface area contributed by atoms with Crippen molar-refractivity contribution in [2.75, 3.05) is 32.7 Å². The first-order valence-electron chi connectivity index (χ1n) is 6.01. The molecule has 3 N–H and O–H groups in total. The van der Waals surface area contributed by atoms with Crippen LogP contribution in [0.2, 0.25) is 0 Å². The Labute approximate surface area is 108 Å². The summed E-state index contributed by atoms with van der Waals surface area (Å²) in [7, 11) is 0. The molecule has 0 bridgehead atoms. The van der Waals surface area contributed by atoms with Crippen molar-refractivity contribution in [3.63, 3.8) is 0 Å². The smallest absolute Gasteiger partial charge is 0.0245 e. The summed E-state index contributed by atoms with van der Waals surface area (Å²) in [6, 6.07) is 0. The zero-order valence-corrected chi connectivity index (χ0v) is 11.2. The van der Waals surface area contributed by atoms with E-state index in [0.29, 0.717) is 5.41 Å². The van der Waals surface area contributed by atoms with Gasteiger partial charge in [-0.1, -0.05) is 24.8 Å². The Kier molecular flexibility index (Phi) is 4.09. The molecule has 3 nitrogen and oxygen atoms in total. The van der Waals surface area contributed by atoms with Crippen LogP contribution in [0.25, 0.3) is 0 Å². The molecule has 0 aromatic heterocycles. The number of hydrogen-bond donors (Lipinski definition) is 2. The molecule has 2 aliphatic heterocycles. The number of nitrogens with one attached hydrogen (secondary N) is 1. The number of likely N-dealkylation sites (tertiary alicyclic amines) is 1. The highest BCUT2D eigenvalue weighted by atomic mass is 32.2. The highest BCUT2D eigenvalue weighted by molar-refractivity contribution is 8.01. The minimum Gasteiger partial charge on any atom is -0.315 e. The largest absolute Gasteiger partial charge is 0.315 e. The lowest BCUT2D eigenvalue weighted by Gasteiger charge is -2.56. The summed E-state index contributed by atoms with van der Waals surface area (Å²) >= 11 is 1.32. The third-order valence-corrected chi connectivity index (χ3v) is 4.29. The molecular weight excluding hydrogens is 230 g/mol. The average Bonchev–Trinajstić information content (AvgIpc) is 2.21. The molecule has 2 rings (SSSR count). The summed E-state index contributed by atoms with van der Waals surface area (Å²) in [5.74, 6) is 0. The van der Waals surface area contributed by atoms with Gasteiger partial charge in [0.25, 0.3) is 0 Å². The Balaban J connectivity index is 1.91. The third kappa shape index (κ3) is 2.65. The van der Waals surface area contributed by atoms with E-state index in [1.807, 2.05) is 13.0 Å². The van der Waals surface area contributed by atoms with Gasteiger partial charge in [-0.15, -0.1) is 0 Å². The molecular formula is C13H21N3S. The van der Waals surface area contributed by atoms with Crippen molar-refractivity contribution >= 4 is 11.9 Å². The Morgan fingerprint density at radius 2 is 2.24 bits per heavy atom. The standard InChI is InChI=1S/C13H21N3S/c1-3-5-11(12(4-2)17-14)6-16-9-13(10-16)7-15-8-13/h3-5,15H,1,6-10,14H2,2H3/b11-5-,12-4+. The molecule has 94 valence electrons. The van der Waals surface area contributed by atoms with Crippen molar-refractivity contribution in [2.45, 2.75) is 6.92 Å². The van der Waals surface area contributed by atoms with Gasteiger partial charge in [-0.2, -0.15) is 0 Å². The van der Waals surface area contributed by atoms with E-state index in [-0.39, 0.29) is 0 Å². The Morgan fingerprint density at radius 1 is 1.53 bits per heavy atom. The third-order valence-electron chi connectivity index (χ3n) is 3.54. The molecule has 4 heteroatoms. The molecule has 2 aliphatic rings. The normalized spacial score (nSPS) is 24.4. The predicted octanol–water partition coefficient (Wildman–Crippen LogP) is 1.51. The van der Waals surface area contributed by atoms with Crippen LogP contribution in [0.1, 0.15) is 6.92 Å². The maximum atomic E-state index is 5.69. The summed E-state index contributed by atoms with van der Waals surface area (Å²) in [6.45, 7) is 11.6. The number of nitrogens with zero attached hydrogens (tertiary/aromatic N) is 1. The van der Waals surface area contributed by atoms with E-state index in [0.717, 1.165) is 11.4 Å². The van der Waals surface area contributed by atoms with Crippen LogP contribution >= 0.6 is 11.9 Å². The van der Waals surface area contributed by atoms with Gasteiger partial charge in [-0.25, -0.2) is 0 Å². The van der Waals surface area contributed by atoms with Gasteiger partial charge in [-0.05, 0) is 24.4 Å². The number of hydrogen-bond acceptors (Lipinski definition) is 4. The molecule has 2 fully saturated rings. The van der Waals surface area contributed by atoms with Crippen molar-refractivity contribution in [1.82, 2.24) is 10.2 Å². The second kappa shape index (κ2) is 5.40. The molecule has 0 amide bonds. The molecule has 0 radical (unpaired) electrons. The van der Waals surface area contributed by atoms with Gasteiger partial charge >= 0.3 is 0 Å². The first kappa shape index (κ1) is 12.9. The van der Waals surface area contributed by atoms with Crippen molar-refractivity contribution in [2.24, 2.45) is 10.6 Å². The van der Waals surface area contributed by atoms with Crippen LogP contribution in [0.15, 0.2) is 35.3 Å². The summed E-state index contributed by atoms with van der Waals surface area (Å²) in [5, 5.41) is 9.04. The van der Waals surface area contributed by atoms with Gasteiger partial charge in [-0.3, -0.25) is 10.0 Å². The summed E-state index contributed by atoms with van der Waals surface area (Å²) in [4.78, 5) is 3.63. The predicted molar refractivity (Wildman–Crippen MR) is 75.6 cm³/mol. The van der Waals surface area contributed by atoms with Gasteiger partial charge in [0.15, 0.2) is 0 Å². The van der Waals surface area contributed by atoms with E-state index in [2.05, 4.69) is 28.9 Å². The second-order valence-corrected chi connectivity index (χ2v) is 5.62. The summed E-state index contributed by atoms with van der Waals surface area (Å²) < 4.78 is 0. The monoisotopic (exact) mass is 251 g/mol. The Bertz CT molecular complexity index is 348. The molecule has 0 aromatic carbocycles. The molecule has 2 saturated heterocycles. The van der Waals surface area contributed by atoms with Gasteiger partial charge < -0.3 is 5.32 Å². The quantitative estimate of drug-likeness (QED) is 0.574. The second-order valence-electron chi connectivity index (χ2n) is 4.95. The first-order valence-corrected chi connectivity index (χ1v) is 6.89. The van der Waals surface area contributed by atoms with Crippen molar-refractivity contribution in [1.29, 1.82) is 0 Å². The van der Waals surface area contributed by atoms with Gasteiger partial charge in [0, 0.05) is 43.0 Å². The zero-order valence-electron chi connectivity index (χ0n) is 10.4. The SMILES string of the molecule is C=C/C=C(CN1CC2(CNC2)C1)\C(=C/C)SN. The zero-order chi connectivity index (χ0) is 12.3. The maximum Gasteiger partial charge on any atom is 0.0245 e. The molecule has 0 aliphatic carbocycles. The highest BCUT2D eigenvalue weighted by Gasteiger charge is 2.47. The number of nitrogens with two attached hydrogens (primary N) is 1. The van der Waals surface area contributed by atoms with E-state index >= 15 is 0 Å². The molecule has 0 atom stereocenters. The lowest BCUT2D eigenvalue weighted by Crippen LogP contribution is -2.71. The summed E-state index contributed by atoms with van der Waals surface area (Å²) in [6.07, 6.45) is 5.98. The lowest BCUT2D eigenvalue weighted by atomic mass is 9.74. The topological polar surface area (TPSA) is 41.3 Å². The van der Waals surface area contributed by atoms with Crippen LogP contribution in [-0.2, 0) is 0 Å². The van der Waals surface area contributed by atoms with Crippen LogP contribution in [0.3, 0.4) is 0 Å². The number of rotatable bonds is 5. The lowest BCUT2D eigenvalue weighted by molar-refractivity contribution is -0.0328. The van der Waals surface area contributed by atoms with Crippen LogP contribution in [0.5, 0.6) is 0 Å². The molecule has 1 spiro atoms. The van der Waals surface area contributed by atoms with Crippen molar-refractivity contribution in [3.8, 4) is 0 Å². The molecule has 0 saturated carbocycles. The van der Waals surface area contributed by atoms with Gasteiger partial charge in [0.2, 0.25) is 0 Å². The fraction of sp³-hybridized carbons (Fsp3) is 0.538. The molecule has 0 aromatic rings. The van der Waals surface area contributed by atoms with Crippen LogP contribution < -0.4 is 10.5 Å². The Morgan fingerprint density at radius 3 is 2.65 bits per heavy atom. The van der Waals surface area contributed by atoms with Gasteiger partial charge in [0.1, 0.15) is 0 Å². The molecule has 17 heavy (non-hydrogen) atoms. The fourth-order valence-electron chi connectivity index (χ4n) is 2.64. The van der Waals surface area contributed by atoms with Gasteiger partial charge in [0.05, 0.1) is 0 Å². The average molecular weight is 251 g/mol. The fourth-order valence-corrected chi connectivity index (χ4v) is 3.06. The Hall–Kier alpha value is -0.550. The van der Waals surface area contributed by atoms with E-state index < -0.39 is 0 Å². The van der Waals surface area contributed by atoms with E-state index in [1.165, 1.54) is 43.7 Å². The molecule has 0 unspecified atom stereocenters. The van der Waals surface area contributed by atoms with E-state index in [9.17, 15) is 0 Å². The van der Waals surface area contributed by atoms with Crippen molar-refractivity contribution in [3.05, 3.63) is 35.3 Å². The van der Waals surface area contributed by atoms with E-state index in [4.69, 9.17) is 5.14 Å².